The first-order chi connectivity index (χ1) is 8.99. The molecular weight excluding hydrogens is 332 g/mol. The molecule has 0 aliphatic carbocycles. The lowest BCUT2D eigenvalue weighted by atomic mass is 10.2. The van der Waals surface area contributed by atoms with Crippen molar-refractivity contribution < 1.29 is 14.7 Å². The third kappa shape index (κ3) is 3.27. The van der Waals surface area contributed by atoms with E-state index in [2.05, 4.69) is 15.9 Å². The molecule has 2 heterocycles. The van der Waals surface area contributed by atoms with Gasteiger partial charge in [-0.3, -0.25) is 0 Å². The Kier molecular flexibility index (Phi) is 4.46. The van der Waals surface area contributed by atoms with Crippen LogP contribution in [-0.2, 0) is 11.3 Å². The van der Waals surface area contributed by atoms with Crippen molar-refractivity contribution >= 4 is 39.3 Å². The molecule has 1 N–H and O–H groups in total. The predicted molar refractivity (Wildman–Crippen MR) is 76.2 cm³/mol. The van der Waals surface area contributed by atoms with Crippen LogP contribution in [0.15, 0.2) is 15.2 Å². The number of amides is 2. The van der Waals surface area contributed by atoms with Gasteiger partial charge < -0.3 is 14.9 Å². The molecular formula is C12H15BrN2O3S. The number of urea groups is 1. The van der Waals surface area contributed by atoms with E-state index in [0.29, 0.717) is 19.5 Å². The summed E-state index contributed by atoms with van der Waals surface area (Å²) in [6.45, 7) is 1.01. The first-order valence-corrected chi connectivity index (χ1v) is 7.63. The van der Waals surface area contributed by atoms with E-state index in [4.69, 9.17) is 5.11 Å². The van der Waals surface area contributed by atoms with Gasteiger partial charge in [0.1, 0.15) is 6.04 Å². The van der Waals surface area contributed by atoms with Crippen LogP contribution in [0.1, 0.15) is 18.4 Å². The van der Waals surface area contributed by atoms with Gasteiger partial charge in [-0.2, -0.15) is 0 Å². The monoisotopic (exact) mass is 346 g/mol. The highest BCUT2D eigenvalue weighted by Gasteiger charge is 2.35. The molecule has 2 rings (SSSR count). The SMILES string of the molecule is CN(Cc1csc(Br)c1)C(=O)N1CCCC1C(=O)O. The number of carbonyl (C=O) groups excluding carboxylic acids is 1. The van der Waals surface area contributed by atoms with Crippen LogP contribution in [0.3, 0.4) is 0 Å². The van der Waals surface area contributed by atoms with Crippen LogP contribution in [0.25, 0.3) is 0 Å². The van der Waals surface area contributed by atoms with Gasteiger partial charge in [-0.15, -0.1) is 11.3 Å². The second-order valence-electron chi connectivity index (χ2n) is 4.59. The third-order valence-electron chi connectivity index (χ3n) is 3.15. The zero-order valence-corrected chi connectivity index (χ0v) is 12.9. The number of carboxylic acid groups (broad SMARTS) is 1. The fraction of sp³-hybridized carbons (Fsp3) is 0.500. The topological polar surface area (TPSA) is 60.9 Å². The molecule has 2 amide bonds. The lowest BCUT2D eigenvalue weighted by molar-refractivity contribution is -0.141. The van der Waals surface area contributed by atoms with Crippen LogP contribution >= 0.6 is 27.3 Å². The summed E-state index contributed by atoms with van der Waals surface area (Å²) in [7, 11) is 1.70. The third-order valence-corrected chi connectivity index (χ3v) is 4.70. The highest BCUT2D eigenvalue weighted by atomic mass is 79.9. The lowest BCUT2D eigenvalue weighted by Crippen LogP contribution is -2.46. The molecule has 1 aliphatic rings. The number of hydrogen-bond donors (Lipinski definition) is 1. The lowest BCUT2D eigenvalue weighted by Gasteiger charge is -2.27. The predicted octanol–water partition coefficient (Wildman–Crippen LogP) is 2.61. The van der Waals surface area contributed by atoms with Crippen molar-refractivity contribution in [3.05, 3.63) is 20.8 Å². The molecule has 1 aromatic rings. The smallest absolute Gasteiger partial charge is 0.326 e. The zero-order chi connectivity index (χ0) is 14.0. The summed E-state index contributed by atoms with van der Waals surface area (Å²) in [5.41, 5.74) is 1.04. The summed E-state index contributed by atoms with van der Waals surface area (Å²) in [6.07, 6.45) is 1.29. The van der Waals surface area contributed by atoms with Gasteiger partial charge >= 0.3 is 12.0 Å². The fourth-order valence-electron chi connectivity index (χ4n) is 2.24. The van der Waals surface area contributed by atoms with E-state index in [0.717, 1.165) is 15.8 Å². The molecule has 1 atom stereocenters. The number of rotatable bonds is 3. The van der Waals surface area contributed by atoms with E-state index < -0.39 is 12.0 Å². The first kappa shape index (κ1) is 14.3. The van der Waals surface area contributed by atoms with Crippen molar-refractivity contribution in [2.75, 3.05) is 13.6 Å². The van der Waals surface area contributed by atoms with Gasteiger partial charge in [0.05, 0.1) is 3.79 Å². The van der Waals surface area contributed by atoms with Crippen LogP contribution < -0.4 is 0 Å². The second-order valence-corrected chi connectivity index (χ2v) is 6.88. The Bertz CT molecular complexity index is 491. The molecule has 0 saturated carbocycles. The van der Waals surface area contributed by atoms with E-state index in [1.165, 1.54) is 4.90 Å². The number of aliphatic carboxylic acids is 1. The number of thiophene rings is 1. The number of likely N-dealkylation sites (tertiary alicyclic amines) is 1. The van der Waals surface area contributed by atoms with Gasteiger partial charge in [-0.05, 0) is 45.8 Å². The van der Waals surface area contributed by atoms with E-state index in [1.54, 1.807) is 23.3 Å². The molecule has 0 aromatic carbocycles. The quantitative estimate of drug-likeness (QED) is 0.914. The minimum atomic E-state index is -0.919. The van der Waals surface area contributed by atoms with Crippen LogP contribution in [0.5, 0.6) is 0 Å². The van der Waals surface area contributed by atoms with Gasteiger partial charge in [0, 0.05) is 20.1 Å². The van der Waals surface area contributed by atoms with Crippen molar-refractivity contribution in [1.82, 2.24) is 9.80 Å². The van der Waals surface area contributed by atoms with Crippen LogP contribution in [0.4, 0.5) is 4.79 Å². The van der Waals surface area contributed by atoms with E-state index in [-0.39, 0.29) is 6.03 Å². The van der Waals surface area contributed by atoms with Crippen molar-refractivity contribution in [2.24, 2.45) is 0 Å². The van der Waals surface area contributed by atoms with Crippen LogP contribution in [0, 0.1) is 0 Å². The maximum atomic E-state index is 12.3. The van der Waals surface area contributed by atoms with Gasteiger partial charge in [-0.1, -0.05) is 0 Å². The first-order valence-electron chi connectivity index (χ1n) is 5.96. The standard InChI is InChI=1S/C12H15BrN2O3S/c1-14(6-8-5-10(13)19-7-8)12(18)15-4-2-3-9(15)11(16)17/h5,7,9H,2-4,6H2,1H3,(H,16,17). The minimum Gasteiger partial charge on any atom is -0.480 e. The molecule has 1 saturated heterocycles. The average Bonchev–Trinajstić information content (AvgIpc) is 2.97. The Labute approximate surface area is 123 Å². The number of halogens is 1. The molecule has 1 aromatic heterocycles. The van der Waals surface area contributed by atoms with Crippen LogP contribution in [0.2, 0.25) is 0 Å². The second kappa shape index (κ2) is 5.92. The summed E-state index contributed by atoms with van der Waals surface area (Å²) in [4.78, 5) is 26.3. The summed E-state index contributed by atoms with van der Waals surface area (Å²) in [6, 6.07) is 1.07. The van der Waals surface area contributed by atoms with E-state index in [1.807, 2.05) is 11.4 Å². The molecule has 0 bridgehead atoms. The van der Waals surface area contributed by atoms with Crippen molar-refractivity contribution in [3.8, 4) is 0 Å². The zero-order valence-electron chi connectivity index (χ0n) is 10.5. The Morgan fingerprint density at radius 1 is 1.63 bits per heavy atom. The van der Waals surface area contributed by atoms with Gasteiger partial charge in [-0.25, -0.2) is 9.59 Å². The molecule has 104 valence electrons. The maximum absolute atomic E-state index is 12.3. The maximum Gasteiger partial charge on any atom is 0.326 e. The molecule has 1 aliphatic heterocycles. The van der Waals surface area contributed by atoms with Crippen molar-refractivity contribution in [3.63, 3.8) is 0 Å². The average molecular weight is 347 g/mol. The molecule has 19 heavy (non-hydrogen) atoms. The molecule has 5 nitrogen and oxygen atoms in total. The fourth-order valence-corrected chi connectivity index (χ4v) is 3.44. The summed E-state index contributed by atoms with van der Waals surface area (Å²) < 4.78 is 1.02. The Morgan fingerprint density at radius 2 is 2.37 bits per heavy atom. The normalized spacial score (nSPS) is 18.6. The molecule has 7 heteroatoms. The van der Waals surface area contributed by atoms with Crippen LogP contribution in [-0.4, -0.2) is 46.5 Å². The Balaban J connectivity index is 2.00. The van der Waals surface area contributed by atoms with E-state index in [9.17, 15) is 9.59 Å². The summed E-state index contributed by atoms with van der Waals surface area (Å²) in [5.74, 6) is -0.919. The highest BCUT2D eigenvalue weighted by Crippen LogP contribution is 2.23. The van der Waals surface area contributed by atoms with Crippen molar-refractivity contribution in [1.29, 1.82) is 0 Å². The Hall–Kier alpha value is -1.08. The summed E-state index contributed by atoms with van der Waals surface area (Å²) in [5, 5.41) is 11.1. The van der Waals surface area contributed by atoms with E-state index >= 15 is 0 Å². The number of hydrogen-bond acceptors (Lipinski definition) is 3. The minimum absolute atomic E-state index is 0.216. The molecule has 1 unspecified atom stereocenters. The number of carboxylic acids is 1. The van der Waals surface area contributed by atoms with Gasteiger partial charge in [0.25, 0.3) is 0 Å². The highest BCUT2D eigenvalue weighted by molar-refractivity contribution is 9.11. The van der Waals surface area contributed by atoms with Gasteiger partial charge in [0.2, 0.25) is 0 Å². The molecule has 1 fully saturated rings. The Morgan fingerprint density at radius 3 is 2.95 bits per heavy atom. The number of carbonyl (C=O) groups is 2. The molecule has 0 radical (unpaired) electrons. The van der Waals surface area contributed by atoms with Gasteiger partial charge in [0.15, 0.2) is 0 Å². The largest absolute Gasteiger partial charge is 0.480 e. The number of nitrogens with zero attached hydrogens (tertiary/aromatic N) is 2. The van der Waals surface area contributed by atoms with Crippen molar-refractivity contribution in [2.45, 2.75) is 25.4 Å². The summed E-state index contributed by atoms with van der Waals surface area (Å²) >= 11 is 4.95. The molecule has 0 spiro atoms.